The first-order valence-corrected chi connectivity index (χ1v) is 20.4. The van der Waals surface area contributed by atoms with Gasteiger partial charge in [0.1, 0.15) is 6.61 Å². The molecule has 0 amide bonds. The number of ether oxygens (including phenoxy) is 2. The fourth-order valence-corrected chi connectivity index (χ4v) is 5.25. The molecule has 0 aromatic rings. The van der Waals surface area contributed by atoms with Crippen molar-refractivity contribution >= 4 is 19.8 Å². The van der Waals surface area contributed by atoms with Crippen molar-refractivity contribution < 1.29 is 37.6 Å². The van der Waals surface area contributed by atoms with Gasteiger partial charge in [-0.05, 0) is 77.6 Å². The van der Waals surface area contributed by atoms with E-state index in [4.69, 9.17) is 18.5 Å². The summed E-state index contributed by atoms with van der Waals surface area (Å²) >= 11 is 0. The van der Waals surface area contributed by atoms with E-state index in [1.165, 1.54) is 25.7 Å². The Bertz CT molecular complexity index is 1090. The average molecular weight is 719 g/mol. The van der Waals surface area contributed by atoms with Crippen molar-refractivity contribution in [3.8, 4) is 0 Å². The van der Waals surface area contributed by atoms with E-state index in [1.807, 2.05) is 12.2 Å². The smallest absolute Gasteiger partial charge is 0.462 e. The molecular formula is C41H67O8P. The molecule has 0 bridgehead atoms. The Morgan fingerprint density at radius 2 is 1.08 bits per heavy atom. The third-order valence-electron chi connectivity index (χ3n) is 7.22. The highest BCUT2D eigenvalue weighted by molar-refractivity contribution is 7.47. The summed E-state index contributed by atoms with van der Waals surface area (Å²) in [5.41, 5.74) is 0. The predicted molar refractivity (Wildman–Crippen MR) is 207 cm³/mol. The Hall–Kier alpha value is -2.77. The van der Waals surface area contributed by atoms with Crippen LogP contribution in [0.3, 0.4) is 0 Å². The van der Waals surface area contributed by atoms with Gasteiger partial charge in [0.25, 0.3) is 0 Å². The summed E-state index contributed by atoms with van der Waals surface area (Å²) in [6.07, 6.45) is 45.2. The number of esters is 2. The van der Waals surface area contributed by atoms with Crippen molar-refractivity contribution in [2.75, 3.05) is 19.8 Å². The van der Waals surface area contributed by atoms with E-state index in [0.29, 0.717) is 12.8 Å². The lowest BCUT2D eigenvalue weighted by Crippen LogP contribution is -2.29. The maximum Gasteiger partial charge on any atom is 0.472 e. The van der Waals surface area contributed by atoms with Gasteiger partial charge in [0.2, 0.25) is 0 Å². The first-order chi connectivity index (χ1) is 24.3. The van der Waals surface area contributed by atoms with Gasteiger partial charge in [-0.2, -0.15) is 0 Å². The molecule has 0 aliphatic carbocycles. The SMILES string of the molecule is CC/C=C\C/C=C\C/C=C\C/C=C\C/C=C\CC(=O)OC(COC(=O)CCCCCCC/C=C\C/C=C\CCCCC)COP(=O)(O)OCC. The second-order valence-electron chi connectivity index (χ2n) is 11.9. The van der Waals surface area contributed by atoms with Gasteiger partial charge in [-0.15, -0.1) is 0 Å². The molecule has 284 valence electrons. The van der Waals surface area contributed by atoms with Crippen LogP contribution < -0.4 is 0 Å². The minimum Gasteiger partial charge on any atom is -0.462 e. The van der Waals surface area contributed by atoms with Gasteiger partial charge in [0, 0.05) is 6.42 Å². The van der Waals surface area contributed by atoms with E-state index in [1.54, 1.807) is 13.0 Å². The average Bonchev–Trinajstić information content (AvgIpc) is 3.09. The molecule has 0 rings (SSSR count). The molecule has 50 heavy (non-hydrogen) atoms. The van der Waals surface area contributed by atoms with Gasteiger partial charge in [-0.25, -0.2) is 4.57 Å². The maximum absolute atomic E-state index is 12.4. The topological polar surface area (TPSA) is 108 Å². The summed E-state index contributed by atoms with van der Waals surface area (Å²) in [6, 6.07) is 0. The summed E-state index contributed by atoms with van der Waals surface area (Å²) in [5.74, 6) is -0.972. The van der Waals surface area contributed by atoms with E-state index in [2.05, 4.69) is 80.7 Å². The standard InChI is InChI=1S/C41H67O8P/c1-4-7-9-11-13-15-17-19-21-23-25-27-29-31-33-35-40(42)46-37-39(38-48-50(44,45)47-6-3)49-41(43)36-34-32-30-28-26-24-22-20-18-16-14-12-10-8-5-2/h8,10,13-16,19-22,26,28,32,34,39H,4-7,9,11-12,17-18,23-25,27,29-31,33,35-38H2,1-3H3,(H,44,45)/b10-8-,15-13-,16-14-,21-19-,22-20-,28-26-,34-32-. The van der Waals surface area contributed by atoms with E-state index >= 15 is 0 Å². The van der Waals surface area contributed by atoms with Crippen LogP contribution >= 0.6 is 7.82 Å². The van der Waals surface area contributed by atoms with Crippen LogP contribution in [-0.2, 0) is 32.7 Å². The largest absolute Gasteiger partial charge is 0.472 e. The van der Waals surface area contributed by atoms with Crippen LogP contribution in [0.4, 0.5) is 0 Å². The molecular weight excluding hydrogens is 651 g/mol. The molecule has 0 spiro atoms. The monoisotopic (exact) mass is 718 g/mol. The lowest BCUT2D eigenvalue weighted by molar-refractivity contribution is -0.160. The minimum atomic E-state index is -4.31. The number of unbranched alkanes of at least 4 members (excludes halogenated alkanes) is 8. The molecule has 0 heterocycles. The summed E-state index contributed by atoms with van der Waals surface area (Å²) in [5, 5.41) is 0. The van der Waals surface area contributed by atoms with Crippen molar-refractivity contribution in [1.82, 2.24) is 0 Å². The number of rotatable bonds is 33. The van der Waals surface area contributed by atoms with E-state index in [0.717, 1.165) is 64.2 Å². The molecule has 0 saturated heterocycles. The fraction of sp³-hybridized carbons (Fsp3) is 0.610. The summed E-state index contributed by atoms with van der Waals surface area (Å²) < 4.78 is 32.4. The highest BCUT2D eigenvalue weighted by Crippen LogP contribution is 2.43. The molecule has 0 saturated carbocycles. The Balaban J connectivity index is 4.35. The number of carbonyl (C=O) groups excluding carboxylic acids is 2. The van der Waals surface area contributed by atoms with Gasteiger partial charge in [-0.1, -0.05) is 131 Å². The van der Waals surface area contributed by atoms with E-state index < -0.39 is 32.5 Å². The van der Waals surface area contributed by atoms with Crippen LogP contribution in [0.5, 0.6) is 0 Å². The zero-order valence-corrected chi connectivity index (χ0v) is 32.2. The van der Waals surface area contributed by atoms with E-state index in [9.17, 15) is 19.0 Å². The Labute approximate surface area is 304 Å². The first kappa shape index (κ1) is 47.2. The summed E-state index contributed by atoms with van der Waals surface area (Å²) in [4.78, 5) is 34.5. The molecule has 2 atom stereocenters. The molecule has 0 aliphatic rings. The van der Waals surface area contributed by atoms with E-state index in [-0.39, 0.29) is 26.1 Å². The number of phosphoric ester groups is 1. The lowest BCUT2D eigenvalue weighted by atomic mass is 10.1. The molecule has 0 aliphatic heterocycles. The molecule has 1 N–H and O–H groups in total. The Morgan fingerprint density at radius 3 is 1.64 bits per heavy atom. The zero-order valence-electron chi connectivity index (χ0n) is 31.3. The third-order valence-corrected chi connectivity index (χ3v) is 8.28. The van der Waals surface area contributed by atoms with Crippen molar-refractivity contribution in [1.29, 1.82) is 0 Å². The first-order valence-electron chi connectivity index (χ1n) is 18.9. The van der Waals surface area contributed by atoms with Crippen molar-refractivity contribution in [3.63, 3.8) is 0 Å². The molecule has 8 nitrogen and oxygen atoms in total. The lowest BCUT2D eigenvalue weighted by Gasteiger charge is -2.19. The zero-order chi connectivity index (χ0) is 36.8. The number of phosphoric acid groups is 1. The van der Waals surface area contributed by atoms with Crippen LogP contribution in [0.1, 0.15) is 136 Å². The second kappa shape index (κ2) is 36.0. The second-order valence-corrected chi connectivity index (χ2v) is 13.3. The van der Waals surface area contributed by atoms with Crippen molar-refractivity contribution in [2.45, 2.75) is 142 Å². The van der Waals surface area contributed by atoms with Crippen LogP contribution in [0.25, 0.3) is 0 Å². The van der Waals surface area contributed by atoms with Crippen LogP contribution in [-0.4, -0.2) is 42.8 Å². The normalized spacial score (nSPS) is 14.4. The van der Waals surface area contributed by atoms with Crippen LogP contribution in [0.15, 0.2) is 85.1 Å². The Morgan fingerprint density at radius 1 is 0.580 bits per heavy atom. The third kappa shape index (κ3) is 35.1. The summed E-state index contributed by atoms with van der Waals surface area (Å²) in [6.45, 7) is 5.17. The number of allylic oxidation sites excluding steroid dienone is 13. The van der Waals surface area contributed by atoms with Crippen LogP contribution in [0.2, 0.25) is 0 Å². The predicted octanol–water partition coefficient (Wildman–Crippen LogP) is 11.5. The van der Waals surface area contributed by atoms with Gasteiger partial charge in [-0.3, -0.25) is 18.6 Å². The highest BCUT2D eigenvalue weighted by Gasteiger charge is 2.25. The van der Waals surface area contributed by atoms with Gasteiger partial charge < -0.3 is 14.4 Å². The fourth-order valence-electron chi connectivity index (χ4n) is 4.50. The quantitative estimate of drug-likeness (QED) is 0.0309. The van der Waals surface area contributed by atoms with Gasteiger partial charge >= 0.3 is 19.8 Å². The molecule has 0 aromatic heterocycles. The Kier molecular flexibility index (Phi) is 34.0. The minimum absolute atomic E-state index is 0.00613. The molecule has 2 unspecified atom stereocenters. The summed E-state index contributed by atoms with van der Waals surface area (Å²) in [7, 11) is -4.31. The number of carbonyl (C=O) groups is 2. The molecule has 0 fully saturated rings. The number of hydrogen-bond donors (Lipinski definition) is 1. The van der Waals surface area contributed by atoms with Crippen LogP contribution in [0, 0.1) is 0 Å². The van der Waals surface area contributed by atoms with Gasteiger partial charge in [0.15, 0.2) is 6.10 Å². The molecule has 0 aromatic carbocycles. The maximum atomic E-state index is 12.4. The molecule has 9 heteroatoms. The number of hydrogen-bond acceptors (Lipinski definition) is 7. The molecule has 0 radical (unpaired) electrons. The van der Waals surface area contributed by atoms with Crippen molar-refractivity contribution in [3.05, 3.63) is 85.1 Å². The highest BCUT2D eigenvalue weighted by atomic mass is 31.2. The van der Waals surface area contributed by atoms with Gasteiger partial charge in [0.05, 0.1) is 19.6 Å². The van der Waals surface area contributed by atoms with Crippen molar-refractivity contribution in [2.24, 2.45) is 0 Å².